The molecule has 0 atom stereocenters. The van der Waals surface area contributed by atoms with Gasteiger partial charge in [0.05, 0.1) is 10.6 Å². The first kappa shape index (κ1) is 11.9. The van der Waals surface area contributed by atoms with E-state index in [1.54, 1.807) is 11.3 Å². The fourth-order valence-electron chi connectivity index (χ4n) is 1.92. The lowest BCUT2D eigenvalue weighted by molar-refractivity contribution is 1.10. The number of nitrogens with two attached hydrogens (primary N) is 1. The van der Waals surface area contributed by atoms with Crippen LogP contribution in [0.15, 0.2) is 36.4 Å². The largest absolute Gasteiger partial charge is 0.390 e. The molecule has 4 nitrogen and oxygen atoms in total. The average Bonchev–Trinajstić information content (AvgIpc) is 3.06. The summed E-state index contributed by atoms with van der Waals surface area (Å²) in [6, 6.07) is 12.0. The van der Waals surface area contributed by atoms with Crippen LogP contribution in [0.3, 0.4) is 0 Å². The number of aromatic amines is 1. The second-order valence-corrected chi connectivity index (χ2v) is 5.39. The topological polar surface area (TPSA) is 67.6 Å². The molecule has 3 N–H and O–H groups in total. The van der Waals surface area contributed by atoms with Gasteiger partial charge in [-0.05, 0) is 12.5 Å². The van der Waals surface area contributed by atoms with E-state index in [1.807, 2.05) is 30.3 Å². The van der Waals surface area contributed by atoms with Gasteiger partial charge in [-0.1, -0.05) is 37.3 Å². The maximum atomic E-state index is 6.03. The summed E-state index contributed by atoms with van der Waals surface area (Å²) in [5.74, 6) is 1.42. The highest BCUT2D eigenvalue weighted by atomic mass is 32.1. The summed E-state index contributed by atoms with van der Waals surface area (Å²) in [6.45, 7) is 2.12. The first-order chi connectivity index (χ1) is 9.28. The van der Waals surface area contributed by atoms with Gasteiger partial charge in [0.2, 0.25) is 0 Å². The van der Waals surface area contributed by atoms with Gasteiger partial charge in [0, 0.05) is 10.4 Å². The molecule has 0 fully saturated rings. The number of rotatable bonds is 3. The van der Waals surface area contributed by atoms with Crippen molar-refractivity contribution < 1.29 is 0 Å². The van der Waals surface area contributed by atoms with Crippen molar-refractivity contribution in [3.05, 3.63) is 41.3 Å². The molecule has 2 aromatic heterocycles. The van der Waals surface area contributed by atoms with Gasteiger partial charge in [0.1, 0.15) is 0 Å². The van der Waals surface area contributed by atoms with Gasteiger partial charge in [-0.3, -0.25) is 5.10 Å². The molecule has 19 heavy (non-hydrogen) atoms. The molecular formula is C14H14N4S. The molecule has 0 amide bonds. The first-order valence-electron chi connectivity index (χ1n) is 6.14. The molecule has 2 heterocycles. The van der Waals surface area contributed by atoms with E-state index in [0.29, 0.717) is 5.82 Å². The summed E-state index contributed by atoms with van der Waals surface area (Å²) in [5.41, 5.74) is 7.96. The third-order valence-electron chi connectivity index (χ3n) is 2.93. The highest BCUT2D eigenvalue weighted by molar-refractivity contribution is 7.16. The number of hydrogen-bond acceptors (Lipinski definition) is 4. The minimum Gasteiger partial charge on any atom is -0.390 e. The van der Waals surface area contributed by atoms with Crippen LogP contribution in [0.25, 0.3) is 22.8 Å². The van der Waals surface area contributed by atoms with E-state index >= 15 is 0 Å². The van der Waals surface area contributed by atoms with Crippen LogP contribution in [0.4, 0.5) is 5.00 Å². The summed E-state index contributed by atoms with van der Waals surface area (Å²) in [4.78, 5) is 5.77. The van der Waals surface area contributed by atoms with E-state index in [2.05, 4.69) is 28.2 Å². The van der Waals surface area contributed by atoms with Gasteiger partial charge in [-0.2, -0.15) is 5.10 Å². The molecule has 0 unspecified atom stereocenters. The number of nitrogens with one attached hydrogen (secondary N) is 1. The second kappa shape index (κ2) is 4.85. The Balaban J connectivity index is 1.99. The Labute approximate surface area is 115 Å². The molecule has 3 aromatic rings. The quantitative estimate of drug-likeness (QED) is 0.767. The Morgan fingerprint density at radius 3 is 2.74 bits per heavy atom. The number of aromatic nitrogens is 3. The van der Waals surface area contributed by atoms with E-state index in [9.17, 15) is 0 Å². The standard InChI is InChI=1S/C14H14N4S/c1-2-10-8-11(12(15)19-10)14-16-13(17-18-14)9-6-4-3-5-7-9/h3-8H,2,15H2,1H3,(H,16,17,18). The van der Waals surface area contributed by atoms with Crippen molar-refractivity contribution in [2.75, 3.05) is 5.73 Å². The number of nitrogens with zero attached hydrogens (tertiary/aromatic N) is 2. The second-order valence-electron chi connectivity index (χ2n) is 4.22. The summed E-state index contributed by atoms with van der Waals surface area (Å²) in [5, 5.41) is 8.00. The number of thiophene rings is 1. The van der Waals surface area contributed by atoms with Crippen molar-refractivity contribution in [1.29, 1.82) is 0 Å². The highest BCUT2D eigenvalue weighted by Crippen LogP contribution is 2.32. The van der Waals surface area contributed by atoms with Crippen LogP contribution in [-0.4, -0.2) is 15.2 Å². The maximum absolute atomic E-state index is 6.03. The van der Waals surface area contributed by atoms with E-state index in [1.165, 1.54) is 4.88 Å². The normalized spacial score (nSPS) is 10.8. The zero-order valence-electron chi connectivity index (χ0n) is 10.6. The number of hydrogen-bond donors (Lipinski definition) is 2. The van der Waals surface area contributed by atoms with Crippen LogP contribution in [0.1, 0.15) is 11.8 Å². The maximum Gasteiger partial charge on any atom is 0.181 e. The molecule has 1 aromatic carbocycles. The third kappa shape index (κ3) is 2.24. The fraction of sp³-hybridized carbons (Fsp3) is 0.143. The lowest BCUT2D eigenvalue weighted by atomic mass is 10.2. The number of anilines is 1. The lowest BCUT2D eigenvalue weighted by Gasteiger charge is -1.93. The number of H-pyrrole nitrogens is 1. The lowest BCUT2D eigenvalue weighted by Crippen LogP contribution is -1.85. The highest BCUT2D eigenvalue weighted by Gasteiger charge is 2.12. The van der Waals surface area contributed by atoms with Gasteiger partial charge >= 0.3 is 0 Å². The Hall–Kier alpha value is -2.14. The third-order valence-corrected chi connectivity index (χ3v) is 4.04. The molecule has 0 aliphatic heterocycles. The Morgan fingerprint density at radius 2 is 2.05 bits per heavy atom. The summed E-state index contributed by atoms with van der Waals surface area (Å²) in [6.07, 6.45) is 0.981. The summed E-state index contributed by atoms with van der Waals surface area (Å²) >= 11 is 1.60. The molecule has 0 bridgehead atoms. The molecular weight excluding hydrogens is 256 g/mol. The van der Waals surface area contributed by atoms with E-state index in [4.69, 9.17) is 5.73 Å². The van der Waals surface area contributed by atoms with Crippen LogP contribution in [0.2, 0.25) is 0 Å². The predicted octanol–water partition coefficient (Wildman–Crippen LogP) is 3.34. The van der Waals surface area contributed by atoms with E-state index in [-0.39, 0.29) is 0 Å². The minimum absolute atomic E-state index is 0.694. The summed E-state index contributed by atoms with van der Waals surface area (Å²) in [7, 11) is 0. The Kier molecular flexibility index (Phi) is 3.05. The van der Waals surface area contributed by atoms with Crippen LogP contribution >= 0.6 is 11.3 Å². The van der Waals surface area contributed by atoms with Crippen molar-refractivity contribution in [3.8, 4) is 22.8 Å². The molecule has 3 rings (SSSR count). The van der Waals surface area contributed by atoms with Crippen LogP contribution < -0.4 is 5.73 Å². The van der Waals surface area contributed by atoms with E-state index in [0.717, 1.165) is 28.4 Å². The van der Waals surface area contributed by atoms with Crippen LogP contribution in [0.5, 0.6) is 0 Å². The number of benzene rings is 1. The molecule has 5 heteroatoms. The van der Waals surface area contributed by atoms with Crippen LogP contribution in [-0.2, 0) is 6.42 Å². The first-order valence-corrected chi connectivity index (χ1v) is 6.96. The van der Waals surface area contributed by atoms with Crippen molar-refractivity contribution >= 4 is 16.3 Å². The Bertz CT molecular complexity index is 685. The van der Waals surface area contributed by atoms with Gasteiger partial charge in [-0.15, -0.1) is 11.3 Å². The van der Waals surface area contributed by atoms with E-state index < -0.39 is 0 Å². The van der Waals surface area contributed by atoms with Gasteiger partial charge in [0.25, 0.3) is 0 Å². The minimum atomic E-state index is 0.694. The van der Waals surface area contributed by atoms with Crippen molar-refractivity contribution in [3.63, 3.8) is 0 Å². The van der Waals surface area contributed by atoms with Crippen molar-refractivity contribution in [2.24, 2.45) is 0 Å². The van der Waals surface area contributed by atoms with Crippen molar-refractivity contribution in [1.82, 2.24) is 15.2 Å². The van der Waals surface area contributed by atoms with Gasteiger partial charge in [-0.25, -0.2) is 4.98 Å². The monoisotopic (exact) mass is 270 g/mol. The molecule has 0 saturated carbocycles. The van der Waals surface area contributed by atoms with Crippen molar-refractivity contribution in [2.45, 2.75) is 13.3 Å². The Morgan fingerprint density at radius 1 is 1.26 bits per heavy atom. The number of aryl methyl sites for hydroxylation is 1. The smallest absolute Gasteiger partial charge is 0.181 e. The zero-order valence-corrected chi connectivity index (χ0v) is 11.4. The summed E-state index contributed by atoms with van der Waals surface area (Å²) < 4.78 is 0. The number of nitrogen functional groups attached to an aromatic ring is 1. The fourth-order valence-corrected chi connectivity index (χ4v) is 2.78. The molecule has 0 aliphatic rings. The van der Waals surface area contributed by atoms with Gasteiger partial charge < -0.3 is 5.73 Å². The van der Waals surface area contributed by atoms with Gasteiger partial charge in [0.15, 0.2) is 11.6 Å². The van der Waals surface area contributed by atoms with Crippen LogP contribution in [0, 0.1) is 0 Å². The molecule has 0 aliphatic carbocycles. The zero-order chi connectivity index (χ0) is 13.2. The molecule has 96 valence electrons. The molecule has 0 saturated heterocycles. The average molecular weight is 270 g/mol. The molecule has 0 spiro atoms. The molecule has 0 radical (unpaired) electrons. The predicted molar refractivity (Wildman–Crippen MR) is 78.9 cm³/mol. The SMILES string of the molecule is CCc1cc(-c2nc(-c3ccccc3)n[nH]2)c(N)s1.